The first-order valence-corrected chi connectivity index (χ1v) is 4.90. The van der Waals surface area contributed by atoms with Gasteiger partial charge in [-0.25, -0.2) is 4.39 Å². The van der Waals surface area contributed by atoms with Crippen LogP contribution < -0.4 is 5.73 Å². The minimum atomic E-state index is -0.196. The third-order valence-electron chi connectivity index (χ3n) is 2.55. The van der Waals surface area contributed by atoms with Crippen LogP contribution in [-0.4, -0.2) is 6.54 Å². The molecule has 0 aromatic heterocycles. The molecule has 1 unspecified atom stereocenters. The molecule has 1 aromatic carbocycles. The van der Waals surface area contributed by atoms with Gasteiger partial charge in [0.2, 0.25) is 0 Å². The van der Waals surface area contributed by atoms with E-state index in [1.807, 2.05) is 12.1 Å². The maximum absolute atomic E-state index is 12.7. The second-order valence-electron chi connectivity index (χ2n) is 4.71. The van der Waals surface area contributed by atoms with Crippen molar-refractivity contribution in [3.05, 3.63) is 35.6 Å². The summed E-state index contributed by atoms with van der Waals surface area (Å²) in [4.78, 5) is 0. The van der Waals surface area contributed by atoms with Gasteiger partial charge in [-0.2, -0.15) is 0 Å². The Labute approximate surface area is 85.1 Å². The van der Waals surface area contributed by atoms with E-state index in [9.17, 15) is 4.39 Å². The van der Waals surface area contributed by atoms with Crippen molar-refractivity contribution in [1.82, 2.24) is 0 Å². The van der Waals surface area contributed by atoms with Crippen molar-refractivity contribution < 1.29 is 4.39 Å². The van der Waals surface area contributed by atoms with Gasteiger partial charge in [0, 0.05) is 5.92 Å². The van der Waals surface area contributed by atoms with Gasteiger partial charge in [-0.15, -0.1) is 0 Å². The fourth-order valence-electron chi connectivity index (χ4n) is 1.68. The Morgan fingerprint density at radius 1 is 1.21 bits per heavy atom. The lowest BCUT2D eigenvalue weighted by Crippen LogP contribution is -2.25. The normalized spacial score (nSPS) is 14.1. The zero-order valence-corrected chi connectivity index (χ0v) is 9.05. The van der Waals surface area contributed by atoms with E-state index in [4.69, 9.17) is 5.73 Å². The van der Waals surface area contributed by atoms with Crippen molar-refractivity contribution in [3.8, 4) is 0 Å². The summed E-state index contributed by atoms with van der Waals surface area (Å²) in [5.74, 6) is 0.0848. The minimum absolute atomic E-state index is 0.118. The molecule has 0 aliphatic heterocycles. The Kier molecular flexibility index (Phi) is 3.27. The van der Waals surface area contributed by atoms with Crippen LogP contribution in [-0.2, 0) is 0 Å². The first kappa shape index (κ1) is 11.2. The lowest BCUT2D eigenvalue weighted by Gasteiger charge is -2.30. The number of nitrogens with two attached hydrogens (primary N) is 1. The van der Waals surface area contributed by atoms with Crippen molar-refractivity contribution in [2.24, 2.45) is 11.1 Å². The van der Waals surface area contributed by atoms with Gasteiger partial charge in [0.05, 0.1) is 0 Å². The SMILES string of the molecule is CC(C)(C)C(CN)c1ccc(F)cc1. The summed E-state index contributed by atoms with van der Waals surface area (Å²) in [6, 6.07) is 6.61. The molecule has 0 aliphatic carbocycles. The van der Waals surface area contributed by atoms with Crippen LogP contribution in [0.5, 0.6) is 0 Å². The van der Waals surface area contributed by atoms with Crippen LogP contribution >= 0.6 is 0 Å². The summed E-state index contributed by atoms with van der Waals surface area (Å²) >= 11 is 0. The third kappa shape index (κ3) is 2.55. The van der Waals surface area contributed by atoms with Crippen molar-refractivity contribution >= 4 is 0 Å². The zero-order chi connectivity index (χ0) is 10.8. The lowest BCUT2D eigenvalue weighted by atomic mass is 9.76. The Morgan fingerprint density at radius 3 is 2.07 bits per heavy atom. The Morgan fingerprint density at radius 2 is 1.71 bits per heavy atom. The molecule has 0 aliphatic rings. The van der Waals surface area contributed by atoms with Gasteiger partial charge in [-0.3, -0.25) is 0 Å². The van der Waals surface area contributed by atoms with Gasteiger partial charge in [0.25, 0.3) is 0 Å². The molecule has 2 heteroatoms. The molecule has 1 atom stereocenters. The van der Waals surface area contributed by atoms with E-state index in [-0.39, 0.29) is 17.2 Å². The van der Waals surface area contributed by atoms with Crippen LogP contribution in [0.25, 0.3) is 0 Å². The summed E-state index contributed by atoms with van der Waals surface area (Å²) in [6.07, 6.45) is 0. The summed E-state index contributed by atoms with van der Waals surface area (Å²) in [5, 5.41) is 0. The highest BCUT2D eigenvalue weighted by atomic mass is 19.1. The van der Waals surface area contributed by atoms with E-state index >= 15 is 0 Å². The monoisotopic (exact) mass is 195 g/mol. The average Bonchev–Trinajstić information content (AvgIpc) is 2.07. The standard InChI is InChI=1S/C12H18FN/c1-12(2,3)11(8-14)9-4-6-10(13)7-5-9/h4-7,11H,8,14H2,1-3H3. The second-order valence-corrected chi connectivity index (χ2v) is 4.71. The van der Waals surface area contributed by atoms with Gasteiger partial charge in [-0.1, -0.05) is 32.9 Å². The molecule has 0 spiro atoms. The molecule has 2 N–H and O–H groups in total. The molecule has 1 rings (SSSR count). The number of benzene rings is 1. The fourth-order valence-corrected chi connectivity index (χ4v) is 1.68. The maximum atomic E-state index is 12.7. The van der Waals surface area contributed by atoms with E-state index in [2.05, 4.69) is 20.8 Å². The summed E-state index contributed by atoms with van der Waals surface area (Å²) in [7, 11) is 0. The Balaban J connectivity index is 2.96. The van der Waals surface area contributed by atoms with Crippen LogP contribution in [0, 0.1) is 11.2 Å². The quantitative estimate of drug-likeness (QED) is 0.771. The first-order valence-electron chi connectivity index (χ1n) is 4.90. The predicted molar refractivity (Wildman–Crippen MR) is 57.7 cm³/mol. The largest absolute Gasteiger partial charge is 0.330 e. The van der Waals surface area contributed by atoms with Crippen LogP contribution in [0.1, 0.15) is 32.3 Å². The van der Waals surface area contributed by atoms with E-state index in [0.29, 0.717) is 6.54 Å². The van der Waals surface area contributed by atoms with E-state index in [1.54, 1.807) is 0 Å². The maximum Gasteiger partial charge on any atom is 0.123 e. The van der Waals surface area contributed by atoms with Crippen LogP contribution in [0.3, 0.4) is 0 Å². The summed E-state index contributed by atoms with van der Waals surface area (Å²) in [5.41, 5.74) is 6.97. The molecule has 0 amide bonds. The third-order valence-corrected chi connectivity index (χ3v) is 2.55. The van der Waals surface area contributed by atoms with Gasteiger partial charge in [-0.05, 0) is 29.7 Å². The smallest absolute Gasteiger partial charge is 0.123 e. The molecule has 1 aromatic rings. The molecule has 0 bridgehead atoms. The van der Waals surface area contributed by atoms with Crippen LogP contribution in [0.2, 0.25) is 0 Å². The van der Waals surface area contributed by atoms with Gasteiger partial charge in [0.15, 0.2) is 0 Å². The number of hydrogen-bond acceptors (Lipinski definition) is 1. The van der Waals surface area contributed by atoms with Gasteiger partial charge in [0.1, 0.15) is 5.82 Å². The highest BCUT2D eigenvalue weighted by Gasteiger charge is 2.24. The highest BCUT2D eigenvalue weighted by molar-refractivity contribution is 5.22. The van der Waals surface area contributed by atoms with Crippen LogP contribution in [0.4, 0.5) is 4.39 Å². The zero-order valence-electron chi connectivity index (χ0n) is 9.05. The summed E-state index contributed by atoms with van der Waals surface area (Å²) in [6.45, 7) is 7.03. The van der Waals surface area contributed by atoms with E-state index < -0.39 is 0 Å². The number of hydrogen-bond donors (Lipinski definition) is 1. The molecule has 1 nitrogen and oxygen atoms in total. The second kappa shape index (κ2) is 4.09. The van der Waals surface area contributed by atoms with E-state index in [1.165, 1.54) is 12.1 Å². The van der Waals surface area contributed by atoms with Crippen molar-refractivity contribution in [2.75, 3.05) is 6.54 Å². The first-order chi connectivity index (χ1) is 6.45. The number of halogens is 1. The molecule has 0 fully saturated rings. The van der Waals surface area contributed by atoms with Crippen molar-refractivity contribution in [1.29, 1.82) is 0 Å². The van der Waals surface area contributed by atoms with Crippen LogP contribution in [0.15, 0.2) is 24.3 Å². The average molecular weight is 195 g/mol. The molecule has 0 saturated carbocycles. The predicted octanol–water partition coefficient (Wildman–Crippen LogP) is 2.91. The van der Waals surface area contributed by atoms with Gasteiger partial charge < -0.3 is 5.73 Å². The highest BCUT2D eigenvalue weighted by Crippen LogP contribution is 2.33. The topological polar surface area (TPSA) is 26.0 Å². The molecule has 0 saturated heterocycles. The Hall–Kier alpha value is -0.890. The number of rotatable bonds is 2. The van der Waals surface area contributed by atoms with E-state index in [0.717, 1.165) is 5.56 Å². The minimum Gasteiger partial charge on any atom is -0.330 e. The molecular formula is C12H18FN. The molecule has 78 valence electrons. The molecule has 14 heavy (non-hydrogen) atoms. The van der Waals surface area contributed by atoms with Gasteiger partial charge >= 0.3 is 0 Å². The Bertz CT molecular complexity index is 284. The fraction of sp³-hybridized carbons (Fsp3) is 0.500. The molecular weight excluding hydrogens is 177 g/mol. The summed E-state index contributed by atoms with van der Waals surface area (Å²) < 4.78 is 12.7. The molecule has 0 radical (unpaired) electrons. The lowest BCUT2D eigenvalue weighted by molar-refractivity contribution is 0.325. The molecule has 0 heterocycles. The van der Waals surface area contributed by atoms with Crippen molar-refractivity contribution in [3.63, 3.8) is 0 Å². The van der Waals surface area contributed by atoms with Crippen molar-refractivity contribution in [2.45, 2.75) is 26.7 Å².